The second-order valence-corrected chi connectivity index (χ2v) is 19.4. The first-order chi connectivity index (χ1) is 31.8. The topological polar surface area (TPSA) is 80.3 Å². The molecule has 0 N–H and O–H groups in total. The Labute approximate surface area is 383 Å². The van der Waals surface area contributed by atoms with Crippen LogP contribution in [0.1, 0.15) is 63.8 Å². The Morgan fingerprint density at radius 2 is 0.652 bits per heavy atom. The summed E-state index contributed by atoms with van der Waals surface area (Å²) < 4.78 is 13.2. The van der Waals surface area contributed by atoms with E-state index >= 15 is 0 Å². The van der Waals surface area contributed by atoms with Crippen LogP contribution in [0.5, 0.6) is 0 Å². The zero-order chi connectivity index (χ0) is 45.5. The van der Waals surface area contributed by atoms with Crippen LogP contribution in [0, 0.1) is 22.7 Å². The summed E-state index contributed by atoms with van der Waals surface area (Å²) in [5.74, 6) is 0. The third-order valence-corrected chi connectivity index (χ3v) is 13.0. The minimum Gasteiger partial charge on any atom is -0.456 e. The van der Waals surface area contributed by atoms with Crippen molar-refractivity contribution in [1.82, 2.24) is 0 Å². The van der Waals surface area contributed by atoms with Crippen molar-refractivity contribution in [3.63, 3.8) is 0 Å². The monoisotopic (exact) mass is 854 g/mol. The fourth-order valence-corrected chi connectivity index (χ4v) is 9.27. The van der Waals surface area contributed by atoms with E-state index in [1.807, 2.05) is 54.6 Å². The number of hydrogen-bond acceptors (Lipinski definition) is 6. The van der Waals surface area contributed by atoms with Gasteiger partial charge in [-0.2, -0.15) is 10.5 Å². The zero-order valence-corrected chi connectivity index (χ0v) is 37.8. The molecule has 0 spiro atoms. The molecule has 66 heavy (non-hydrogen) atoms. The standard InChI is InChI=1S/C60H46N4O2/c1-59(2,3)43-13-23-47(24-14-43)63(45-17-7-37(35-61)8-18-45)49-21-11-39-29-51-53-33-54-52-30-40-12-22-50(28-42(40)32-56(52)66-58(54)34-57(53)65-55(51)31-41(39)27-49)64(46-19-9-38(36-62)10-20-46)48-25-15-44(16-26-48)60(4,5)6/h7-34H,1-6H3. The van der Waals surface area contributed by atoms with Crippen molar-refractivity contribution in [2.45, 2.75) is 52.4 Å². The fourth-order valence-electron chi connectivity index (χ4n) is 9.27. The van der Waals surface area contributed by atoms with Crippen molar-refractivity contribution < 1.29 is 8.83 Å². The van der Waals surface area contributed by atoms with Crippen molar-refractivity contribution in [2.75, 3.05) is 9.80 Å². The quantitative estimate of drug-likeness (QED) is 0.166. The second-order valence-electron chi connectivity index (χ2n) is 19.4. The van der Waals surface area contributed by atoms with Gasteiger partial charge in [-0.25, -0.2) is 0 Å². The lowest BCUT2D eigenvalue weighted by Crippen LogP contribution is -2.13. The summed E-state index contributed by atoms with van der Waals surface area (Å²) in [7, 11) is 0. The van der Waals surface area contributed by atoms with Gasteiger partial charge in [0, 0.05) is 61.7 Å². The van der Waals surface area contributed by atoms with Crippen LogP contribution in [0.3, 0.4) is 0 Å². The molecule has 318 valence electrons. The van der Waals surface area contributed by atoms with Crippen LogP contribution in [-0.4, -0.2) is 0 Å². The zero-order valence-electron chi connectivity index (χ0n) is 37.8. The molecule has 0 saturated heterocycles. The van der Waals surface area contributed by atoms with Gasteiger partial charge in [0.2, 0.25) is 0 Å². The predicted molar refractivity (Wildman–Crippen MR) is 272 cm³/mol. The summed E-state index contributed by atoms with van der Waals surface area (Å²) in [6.45, 7) is 13.3. The maximum atomic E-state index is 9.52. The number of hydrogen-bond donors (Lipinski definition) is 0. The van der Waals surface area contributed by atoms with Crippen molar-refractivity contribution in [1.29, 1.82) is 10.5 Å². The Balaban J connectivity index is 0.978. The molecule has 0 aliphatic rings. The van der Waals surface area contributed by atoms with Gasteiger partial charge in [0.05, 0.1) is 23.3 Å². The van der Waals surface area contributed by atoms with E-state index in [9.17, 15) is 10.5 Å². The highest BCUT2D eigenvalue weighted by Gasteiger charge is 2.21. The van der Waals surface area contributed by atoms with Crippen molar-refractivity contribution >= 4 is 99.5 Å². The van der Waals surface area contributed by atoms with Crippen LogP contribution >= 0.6 is 0 Å². The van der Waals surface area contributed by atoms with Crippen LogP contribution in [0.15, 0.2) is 179 Å². The maximum Gasteiger partial charge on any atom is 0.139 e. The van der Waals surface area contributed by atoms with Crippen molar-refractivity contribution in [3.05, 3.63) is 192 Å². The van der Waals surface area contributed by atoms with Gasteiger partial charge in [-0.3, -0.25) is 0 Å². The lowest BCUT2D eigenvalue weighted by atomic mass is 9.87. The van der Waals surface area contributed by atoms with E-state index in [1.165, 1.54) is 11.1 Å². The van der Waals surface area contributed by atoms with Gasteiger partial charge in [-0.15, -0.1) is 0 Å². The van der Waals surface area contributed by atoms with Crippen LogP contribution in [0.4, 0.5) is 34.1 Å². The number of nitrogens with zero attached hydrogens (tertiary/aromatic N) is 4. The number of fused-ring (bicyclic) bond motifs is 8. The third kappa shape index (κ3) is 7.05. The summed E-state index contributed by atoms with van der Waals surface area (Å²) >= 11 is 0. The summed E-state index contributed by atoms with van der Waals surface area (Å²) in [4.78, 5) is 4.47. The molecule has 9 aromatic carbocycles. The van der Waals surface area contributed by atoms with Gasteiger partial charge in [0.25, 0.3) is 0 Å². The maximum absolute atomic E-state index is 9.52. The Bertz CT molecular complexity index is 3530. The fraction of sp³-hybridized carbons (Fsp3) is 0.133. The average Bonchev–Trinajstić information content (AvgIpc) is 3.85. The van der Waals surface area contributed by atoms with E-state index in [-0.39, 0.29) is 10.8 Å². The molecule has 2 heterocycles. The van der Waals surface area contributed by atoms with E-state index in [0.717, 1.165) is 99.5 Å². The van der Waals surface area contributed by atoms with Crippen molar-refractivity contribution in [3.8, 4) is 12.1 Å². The molecule has 0 bridgehead atoms. The van der Waals surface area contributed by atoms with Crippen LogP contribution in [-0.2, 0) is 10.8 Å². The van der Waals surface area contributed by atoms with Crippen LogP contribution in [0.2, 0.25) is 0 Å². The molecule has 0 saturated carbocycles. The Hall–Kier alpha value is -8.32. The van der Waals surface area contributed by atoms with Crippen molar-refractivity contribution in [2.24, 2.45) is 0 Å². The summed E-state index contributed by atoms with van der Waals surface area (Å²) in [6, 6.07) is 63.5. The van der Waals surface area contributed by atoms with Gasteiger partial charge in [0.15, 0.2) is 0 Å². The first kappa shape index (κ1) is 40.5. The smallest absolute Gasteiger partial charge is 0.139 e. The molecule has 0 amide bonds. The van der Waals surface area contributed by atoms with Gasteiger partial charge >= 0.3 is 0 Å². The molecule has 6 heteroatoms. The molecule has 11 rings (SSSR count). The van der Waals surface area contributed by atoms with Gasteiger partial charge in [-0.1, -0.05) is 77.9 Å². The highest BCUT2D eigenvalue weighted by atomic mass is 16.3. The lowest BCUT2D eigenvalue weighted by molar-refractivity contribution is 0.590. The molecule has 0 atom stereocenters. The van der Waals surface area contributed by atoms with E-state index in [2.05, 4.69) is 179 Å². The molecule has 0 fully saturated rings. The van der Waals surface area contributed by atoms with E-state index < -0.39 is 0 Å². The number of rotatable bonds is 6. The molecule has 0 radical (unpaired) electrons. The number of furan rings is 2. The lowest BCUT2D eigenvalue weighted by Gasteiger charge is -2.27. The van der Waals surface area contributed by atoms with Gasteiger partial charge in [0.1, 0.15) is 22.3 Å². The van der Waals surface area contributed by atoms with Crippen LogP contribution < -0.4 is 9.80 Å². The first-order valence-electron chi connectivity index (χ1n) is 22.3. The highest BCUT2D eigenvalue weighted by molar-refractivity contribution is 6.18. The molecule has 0 aliphatic heterocycles. The summed E-state index contributed by atoms with van der Waals surface area (Å²) in [5, 5.41) is 27.6. The van der Waals surface area contributed by atoms with Gasteiger partial charge in [-0.05, 0) is 171 Å². The Kier molecular flexibility index (Phi) is 9.29. The Morgan fingerprint density at radius 3 is 1.00 bits per heavy atom. The number of nitriles is 2. The molecule has 0 aliphatic carbocycles. The van der Waals surface area contributed by atoms with E-state index in [4.69, 9.17) is 8.83 Å². The SMILES string of the molecule is CC(C)(C)c1ccc(N(c2ccc(C#N)cc2)c2ccc3cc4c(cc3c2)oc2cc3oc5cc6cc(N(c7ccc(C#N)cc7)c7ccc(C(C)(C)C)cc7)ccc6cc5c3cc24)cc1. The summed E-state index contributed by atoms with van der Waals surface area (Å²) in [6.07, 6.45) is 0. The third-order valence-electron chi connectivity index (χ3n) is 13.0. The molecule has 11 aromatic rings. The predicted octanol–water partition coefficient (Wildman–Crippen LogP) is 17.1. The largest absolute Gasteiger partial charge is 0.456 e. The second kappa shape index (κ2) is 15.2. The number of anilines is 6. The van der Waals surface area contributed by atoms with Gasteiger partial charge < -0.3 is 18.6 Å². The van der Waals surface area contributed by atoms with E-state index in [0.29, 0.717) is 11.1 Å². The molecule has 2 aromatic heterocycles. The first-order valence-corrected chi connectivity index (χ1v) is 22.3. The Morgan fingerprint density at radius 1 is 0.333 bits per heavy atom. The highest BCUT2D eigenvalue weighted by Crippen LogP contribution is 2.43. The minimum absolute atomic E-state index is 0.0340. The van der Waals surface area contributed by atoms with Crippen LogP contribution in [0.25, 0.3) is 65.4 Å². The normalized spacial score (nSPS) is 12.1. The minimum atomic E-state index is 0.0340. The molecule has 0 unspecified atom stereocenters. The van der Waals surface area contributed by atoms with E-state index in [1.54, 1.807) is 0 Å². The molecule has 6 nitrogen and oxygen atoms in total. The number of benzene rings is 9. The molecular weight excluding hydrogens is 809 g/mol. The average molecular weight is 855 g/mol. The molecular formula is C60H46N4O2. The summed E-state index contributed by atoms with van der Waals surface area (Å²) in [5.41, 5.74) is 13.0.